The monoisotopic (exact) mass is 254 g/mol. The van der Waals surface area contributed by atoms with Gasteiger partial charge in [-0.25, -0.2) is 4.79 Å². The fourth-order valence-corrected chi connectivity index (χ4v) is 2.44. The zero-order chi connectivity index (χ0) is 13.3. The molecule has 0 fully saturated rings. The van der Waals surface area contributed by atoms with Gasteiger partial charge in [0, 0.05) is 19.1 Å². The second-order valence-electron chi connectivity index (χ2n) is 4.53. The van der Waals surface area contributed by atoms with Crippen molar-refractivity contribution in [1.29, 1.82) is 0 Å². The Balaban J connectivity index is 2.43. The molecule has 2 rings (SSSR count). The molecule has 2 atom stereocenters. The molecule has 0 saturated heterocycles. The lowest BCUT2D eigenvalue weighted by molar-refractivity contribution is -0.0102. The maximum Gasteiger partial charge on any atom is 0.356 e. The summed E-state index contributed by atoms with van der Waals surface area (Å²) in [6.45, 7) is 4.90. The van der Waals surface area contributed by atoms with E-state index in [4.69, 9.17) is 9.47 Å². The quantitative estimate of drug-likeness (QED) is 0.875. The first kappa shape index (κ1) is 13.0. The summed E-state index contributed by atoms with van der Waals surface area (Å²) in [6.07, 6.45) is 0.473. The number of hydrogen-bond donors (Lipinski definition) is 1. The summed E-state index contributed by atoms with van der Waals surface area (Å²) in [5.74, 6) is -0.983. The lowest BCUT2D eigenvalue weighted by Gasteiger charge is -2.26. The molecule has 100 valence electrons. The highest BCUT2D eigenvalue weighted by atomic mass is 16.5. The Morgan fingerprint density at radius 3 is 2.94 bits per heavy atom. The maximum absolute atomic E-state index is 11.2. The molecule has 0 radical (unpaired) electrons. The first-order valence-electron chi connectivity index (χ1n) is 6.01. The van der Waals surface area contributed by atoms with Crippen LogP contribution in [0.1, 0.15) is 41.7 Å². The van der Waals surface area contributed by atoms with E-state index in [1.54, 1.807) is 11.8 Å². The van der Waals surface area contributed by atoms with Gasteiger partial charge in [-0.15, -0.1) is 0 Å². The first-order valence-corrected chi connectivity index (χ1v) is 6.01. The van der Waals surface area contributed by atoms with Crippen molar-refractivity contribution in [2.75, 3.05) is 13.7 Å². The second-order valence-corrected chi connectivity index (χ2v) is 4.53. The summed E-state index contributed by atoms with van der Waals surface area (Å²) in [5, 5.41) is 13.4. The predicted molar refractivity (Wildman–Crippen MR) is 63.7 cm³/mol. The zero-order valence-corrected chi connectivity index (χ0v) is 10.8. The van der Waals surface area contributed by atoms with E-state index in [0.717, 1.165) is 11.3 Å². The standard InChI is InChI=1S/C12H18N2O4/c1-7-6-9-10(12(15)16)13-14(4-5-17-3)11(9)8(2)18-7/h7-8H,4-6H2,1-3H3,(H,15,16)/t7-,8+/m0/s1. The number of aromatic carboxylic acids is 1. The second kappa shape index (κ2) is 5.07. The van der Waals surface area contributed by atoms with Crippen LogP contribution in [-0.4, -0.2) is 40.7 Å². The number of carboxylic acid groups (broad SMARTS) is 1. The fourth-order valence-electron chi connectivity index (χ4n) is 2.44. The van der Waals surface area contributed by atoms with Crippen LogP contribution >= 0.6 is 0 Å². The Morgan fingerprint density at radius 2 is 2.33 bits per heavy atom. The van der Waals surface area contributed by atoms with E-state index in [1.807, 2.05) is 13.8 Å². The molecule has 0 aliphatic carbocycles. The number of aromatic nitrogens is 2. The molecule has 0 saturated carbocycles. The molecule has 6 heteroatoms. The lowest BCUT2D eigenvalue weighted by Crippen LogP contribution is -2.25. The number of carboxylic acids is 1. The zero-order valence-electron chi connectivity index (χ0n) is 10.8. The smallest absolute Gasteiger partial charge is 0.356 e. The number of carbonyl (C=O) groups is 1. The van der Waals surface area contributed by atoms with Crippen molar-refractivity contribution in [3.63, 3.8) is 0 Å². The molecule has 0 unspecified atom stereocenters. The van der Waals surface area contributed by atoms with Crippen LogP contribution in [0.25, 0.3) is 0 Å². The Labute approximate surface area is 106 Å². The minimum Gasteiger partial charge on any atom is -0.476 e. The van der Waals surface area contributed by atoms with E-state index in [2.05, 4.69) is 5.10 Å². The number of hydrogen-bond acceptors (Lipinski definition) is 4. The van der Waals surface area contributed by atoms with Crippen molar-refractivity contribution < 1.29 is 19.4 Å². The molecule has 0 aromatic carbocycles. The highest BCUT2D eigenvalue weighted by molar-refractivity contribution is 5.87. The average molecular weight is 254 g/mol. The van der Waals surface area contributed by atoms with E-state index in [0.29, 0.717) is 19.6 Å². The Hall–Kier alpha value is -1.40. The molecule has 1 N–H and O–H groups in total. The van der Waals surface area contributed by atoms with Crippen LogP contribution in [0.4, 0.5) is 0 Å². The minimum atomic E-state index is -0.983. The van der Waals surface area contributed by atoms with Crippen LogP contribution in [0.5, 0.6) is 0 Å². The SMILES string of the molecule is COCCn1nc(C(=O)O)c2c1[C@@H](C)O[C@@H](C)C2. The van der Waals surface area contributed by atoms with Crippen LogP contribution in [0.15, 0.2) is 0 Å². The molecular weight excluding hydrogens is 236 g/mol. The van der Waals surface area contributed by atoms with E-state index in [1.165, 1.54) is 0 Å². The highest BCUT2D eigenvalue weighted by Gasteiger charge is 2.31. The summed E-state index contributed by atoms with van der Waals surface area (Å²) in [4.78, 5) is 11.2. The van der Waals surface area contributed by atoms with Crippen molar-refractivity contribution in [2.45, 2.75) is 39.0 Å². The molecule has 1 aromatic heterocycles. The van der Waals surface area contributed by atoms with Crippen molar-refractivity contribution in [3.8, 4) is 0 Å². The molecule has 6 nitrogen and oxygen atoms in total. The molecule has 1 aliphatic heterocycles. The van der Waals surface area contributed by atoms with E-state index >= 15 is 0 Å². The Kier molecular flexibility index (Phi) is 3.68. The molecular formula is C12H18N2O4. The molecule has 1 aromatic rings. The van der Waals surface area contributed by atoms with E-state index in [-0.39, 0.29) is 17.9 Å². The molecule has 1 aliphatic rings. The van der Waals surface area contributed by atoms with Crippen LogP contribution < -0.4 is 0 Å². The maximum atomic E-state index is 11.2. The van der Waals surface area contributed by atoms with Crippen molar-refractivity contribution in [1.82, 2.24) is 9.78 Å². The summed E-state index contributed by atoms with van der Waals surface area (Å²) in [5.41, 5.74) is 1.80. The summed E-state index contributed by atoms with van der Waals surface area (Å²) in [7, 11) is 1.61. The van der Waals surface area contributed by atoms with Gasteiger partial charge in [0.1, 0.15) is 0 Å². The topological polar surface area (TPSA) is 73.6 Å². The summed E-state index contributed by atoms with van der Waals surface area (Å²) < 4.78 is 12.4. The van der Waals surface area contributed by atoms with Gasteiger partial charge in [-0.05, 0) is 13.8 Å². The van der Waals surface area contributed by atoms with Gasteiger partial charge in [0.2, 0.25) is 0 Å². The minimum absolute atomic E-state index is 0.0191. The van der Waals surface area contributed by atoms with Crippen LogP contribution in [0.3, 0.4) is 0 Å². The summed E-state index contributed by atoms with van der Waals surface area (Å²) >= 11 is 0. The van der Waals surface area contributed by atoms with E-state index in [9.17, 15) is 9.90 Å². The van der Waals surface area contributed by atoms with Gasteiger partial charge >= 0.3 is 5.97 Å². The molecule has 0 bridgehead atoms. The Morgan fingerprint density at radius 1 is 1.61 bits per heavy atom. The van der Waals surface area contributed by atoms with Crippen LogP contribution in [0, 0.1) is 0 Å². The number of nitrogens with zero attached hydrogens (tertiary/aromatic N) is 2. The number of fused-ring (bicyclic) bond motifs is 1. The van der Waals surface area contributed by atoms with Gasteiger partial charge in [-0.3, -0.25) is 4.68 Å². The normalized spacial score (nSPS) is 22.8. The highest BCUT2D eigenvalue weighted by Crippen LogP contribution is 2.32. The third kappa shape index (κ3) is 2.26. The number of rotatable bonds is 4. The molecule has 0 spiro atoms. The largest absolute Gasteiger partial charge is 0.476 e. The average Bonchev–Trinajstić information content (AvgIpc) is 2.65. The number of ether oxygens (including phenoxy) is 2. The van der Waals surface area contributed by atoms with Gasteiger partial charge in [0.25, 0.3) is 0 Å². The van der Waals surface area contributed by atoms with Gasteiger partial charge in [0.05, 0.1) is 31.1 Å². The molecule has 0 amide bonds. The fraction of sp³-hybridized carbons (Fsp3) is 0.667. The van der Waals surface area contributed by atoms with Crippen molar-refractivity contribution in [3.05, 3.63) is 17.0 Å². The number of methoxy groups -OCH3 is 1. The van der Waals surface area contributed by atoms with Gasteiger partial charge in [0.15, 0.2) is 5.69 Å². The molecule has 18 heavy (non-hydrogen) atoms. The van der Waals surface area contributed by atoms with Crippen LogP contribution in [-0.2, 0) is 22.4 Å². The van der Waals surface area contributed by atoms with Crippen molar-refractivity contribution >= 4 is 5.97 Å². The lowest BCUT2D eigenvalue weighted by atomic mass is 9.99. The third-order valence-corrected chi connectivity index (χ3v) is 3.12. The first-order chi connectivity index (χ1) is 8.54. The predicted octanol–water partition coefficient (Wildman–Crippen LogP) is 1.25. The van der Waals surface area contributed by atoms with Crippen molar-refractivity contribution in [2.24, 2.45) is 0 Å². The Bertz CT molecular complexity index is 455. The van der Waals surface area contributed by atoms with Gasteiger partial charge in [-0.2, -0.15) is 5.10 Å². The summed E-state index contributed by atoms with van der Waals surface area (Å²) in [6, 6.07) is 0. The van der Waals surface area contributed by atoms with Gasteiger partial charge in [-0.1, -0.05) is 0 Å². The third-order valence-electron chi connectivity index (χ3n) is 3.12. The van der Waals surface area contributed by atoms with Crippen LogP contribution in [0.2, 0.25) is 0 Å². The van der Waals surface area contributed by atoms with E-state index < -0.39 is 5.97 Å². The molecule has 2 heterocycles. The van der Waals surface area contributed by atoms with Gasteiger partial charge < -0.3 is 14.6 Å².